The Kier molecular flexibility index (Phi) is 9.79. The summed E-state index contributed by atoms with van der Waals surface area (Å²) in [5.74, 6) is 0.207. The number of carbonyl (C=O) groups excluding carboxylic acids is 1. The number of halogens is 2. The number of hydrogen-bond acceptors (Lipinski definition) is 7. The molecule has 36 heavy (non-hydrogen) atoms. The largest absolute Gasteiger partial charge is 0.479 e. The normalized spacial score (nSPS) is 15.7. The number of thioether (sulfide) groups is 1. The Morgan fingerprint density at radius 1 is 1.08 bits per heavy atom. The van der Waals surface area contributed by atoms with Crippen LogP contribution in [-0.4, -0.2) is 69.0 Å². The molecule has 1 heterocycles. The Balaban J connectivity index is 1.62. The second-order valence-corrected chi connectivity index (χ2v) is 12.5. The first kappa shape index (κ1) is 28.4. The monoisotopic (exact) mass is 572 g/mol. The molecule has 0 spiro atoms. The van der Waals surface area contributed by atoms with Crippen molar-refractivity contribution in [1.82, 2.24) is 9.62 Å². The number of carbonyl (C=O) groups is 1. The van der Waals surface area contributed by atoms with E-state index < -0.39 is 16.1 Å². The fourth-order valence-electron chi connectivity index (χ4n) is 3.62. The first-order valence-corrected chi connectivity index (χ1v) is 14.5. The van der Waals surface area contributed by atoms with Crippen molar-refractivity contribution in [3.8, 4) is 5.75 Å². The minimum absolute atomic E-state index is 0.153. The van der Waals surface area contributed by atoms with Crippen LogP contribution in [0.3, 0.4) is 0 Å². The number of nitrogens with one attached hydrogen (secondary N) is 1. The number of piperazine rings is 1. The lowest BCUT2D eigenvalue weighted by atomic mass is 10.2. The van der Waals surface area contributed by atoms with Crippen LogP contribution in [0.15, 0.2) is 52.4 Å². The van der Waals surface area contributed by atoms with Gasteiger partial charge >= 0.3 is 0 Å². The van der Waals surface area contributed by atoms with Gasteiger partial charge in [-0.3, -0.25) is 14.5 Å². The van der Waals surface area contributed by atoms with Crippen molar-refractivity contribution in [2.24, 2.45) is 4.99 Å². The number of aliphatic imine (C=N–C) groups is 1. The lowest BCUT2D eigenvalue weighted by Crippen LogP contribution is -2.52. The maximum Gasteiger partial charge on any atom is 0.263 e. The highest BCUT2D eigenvalue weighted by Crippen LogP contribution is 2.32. The van der Waals surface area contributed by atoms with Gasteiger partial charge in [-0.15, -0.1) is 0 Å². The molecule has 12 heteroatoms. The van der Waals surface area contributed by atoms with Gasteiger partial charge in [-0.1, -0.05) is 60.9 Å². The van der Waals surface area contributed by atoms with Crippen LogP contribution in [0.1, 0.15) is 20.8 Å². The molecule has 0 radical (unpaired) electrons. The zero-order chi connectivity index (χ0) is 26.5. The number of anilines is 1. The summed E-state index contributed by atoms with van der Waals surface area (Å²) < 4.78 is 34.2. The predicted molar refractivity (Wildman–Crippen MR) is 148 cm³/mol. The summed E-state index contributed by atoms with van der Waals surface area (Å²) in [6, 6.07) is 11.8. The van der Waals surface area contributed by atoms with Crippen molar-refractivity contribution >= 4 is 61.7 Å². The van der Waals surface area contributed by atoms with Crippen molar-refractivity contribution in [3.05, 3.63) is 52.5 Å². The third-order valence-electron chi connectivity index (χ3n) is 5.42. The third kappa shape index (κ3) is 7.21. The number of amides is 1. The smallest absolute Gasteiger partial charge is 0.263 e. The van der Waals surface area contributed by atoms with Crippen LogP contribution in [0.4, 0.5) is 5.69 Å². The van der Waals surface area contributed by atoms with Gasteiger partial charge in [0, 0.05) is 44.2 Å². The molecule has 1 N–H and O–H groups in total. The van der Waals surface area contributed by atoms with Crippen LogP contribution in [0, 0.1) is 0 Å². The Hall–Kier alpha value is -2.14. The van der Waals surface area contributed by atoms with Gasteiger partial charge < -0.3 is 14.5 Å². The summed E-state index contributed by atoms with van der Waals surface area (Å²) in [6.45, 7) is 7.67. The summed E-state index contributed by atoms with van der Waals surface area (Å²) in [5, 5.41) is 1.16. The molecule has 2 aromatic carbocycles. The highest BCUT2D eigenvalue weighted by atomic mass is 35.5. The molecule has 0 saturated carbocycles. The van der Waals surface area contributed by atoms with Gasteiger partial charge in [0.2, 0.25) is 0 Å². The standard InChI is InChI=1S/C24H30Cl2N4O4S2/c1-16(2)35-24(27-4)28-36(32,33)19-8-5-7-18(15-19)29-11-13-30(14-12-29)23(31)17(3)34-21-10-6-9-20(25)22(21)26/h5-10,15-17H,11-14H2,1-4H3,(H,27,28)/t17-/m0/s1. The molecular formula is C24H30Cl2N4O4S2. The second kappa shape index (κ2) is 12.4. The zero-order valence-electron chi connectivity index (χ0n) is 20.6. The van der Waals surface area contributed by atoms with Gasteiger partial charge in [-0.2, -0.15) is 0 Å². The summed E-state index contributed by atoms with van der Waals surface area (Å²) in [4.78, 5) is 20.9. The number of hydrogen-bond donors (Lipinski definition) is 1. The molecule has 1 aliphatic rings. The number of nitrogens with zero attached hydrogens (tertiary/aromatic N) is 3. The lowest BCUT2D eigenvalue weighted by Gasteiger charge is -2.37. The molecule has 196 valence electrons. The van der Waals surface area contributed by atoms with Crippen molar-refractivity contribution < 1.29 is 17.9 Å². The highest BCUT2D eigenvalue weighted by molar-refractivity contribution is 8.15. The van der Waals surface area contributed by atoms with E-state index in [1.54, 1.807) is 55.3 Å². The first-order valence-electron chi connectivity index (χ1n) is 11.4. The third-order valence-corrected chi connectivity index (χ3v) is 8.67. The van der Waals surface area contributed by atoms with Crippen LogP contribution in [0.25, 0.3) is 0 Å². The molecule has 0 bridgehead atoms. The van der Waals surface area contributed by atoms with Gasteiger partial charge in [0.25, 0.3) is 15.9 Å². The summed E-state index contributed by atoms with van der Waals surface area (Å²) in [5.41, 5.74) is 0.770. The van der Waals surface area contributed by atoms with E-state index in [2.05, 4.69) is 14.6 Å². The molecule has 1 fully saturated rings. The van der Waals surface area contributed by atoms with Crippen molar-refractivity contribution in [1.29, 1.82) is 0 Å². The first-order chi connectivity index (χ1) is 17.0. The molecule has 0 unspecified atom stereocenters. The number of sulfonamides is 1. The fourth-order valence-corrected chi connectivity index (χ4v) is 6.01. The van der Waals surface area contributed by atoms with Gasteiger partial charge in [0.05, 0.1) is 9.92 Å². The van der Waals surface area contributed by atoms with Crippen molar-refractivity contribution in [2.75, 3.05) is 38.1 Å². The molecule has 8 nitrogen and oxygen atoms in total. The predicted octanol–water partition coefficient (Wildman–Crippen LogP) is 4.52. The molecule has 3 rings (SSSR count). The maximum atomic E-state index is 12.9. The Bertz CT molecular complexity index is 1220. The number of rotatable bonds is 7. The van der Waals surface area contributed by atoms with E-state index >= 15 is 0 Å². The van der Waals surface area contributed by atoms with E-state index in [1.807, 2.05) is 19.9 Å². The molecule has 0 aromatic heterocycles. The Morgan fingerprint density at radius 3 is 2.39 bits per heavy atom. The SMILES string of the molecule is CN=C(NS(=O)(=O)c1cccc(N2CCN(C(=O)[C@H](C)Oc3cccc(Cl)c3Cl)CC2)c1)SC(C)C. The maximum absolute atomic E-state index is 12.9. The van der Waals surface area contributed by atoms with Gasteiger partial charge in [0.1, 0.15) is 10.8 Å². The molecule has 1 aliphatic heterocycles. The van der Waals surface area contributed by atoms with E-state index in [0.717, 1.165) is 5.69 Å². The van der Waals surface area contributed by atoms with Crippen LogP contribution < -0.4 is 14.4 Å². The average molecular weight is 574 g/mol. The van der Waals surface area contributed by atoms with Crippen LogP contribution in [0.2, 0.25) is 10.0 Å². The average Bonchev–Trinajstić information content (AvgIpc) is 2.85. The number of benzene rings is 2. The quantitative estimate of drug-likeness (QED) is 0.387. The molecular weight excluding hydrogens is 543 g/mol. The van der Waals surface area contributed by atoms with Crippen molar-refractivity contribution in [3.63, 3.8) is 0 Å². The van der Waals surface area contributed by atoms with Crippen LogP contribution in [0.5, 0.6) is 5.75 Å². The lowest BCUT2D eigenvalue weighted by molar-refractivity contribution is -0.138. The molecule has 1 amide bonds. The van der Waals surface area contributed by atoms with Gasteiger partial charge in [-0.25, -0.2) is 8.42 Å². The highest BCUT2D eigenvalue weighted by Gasteiger charge is 2.27. The summed E-state index contributed by atoms with van der Waals surface area (Å²) in [7, 11) is -2.22. The van der Waals surface area contributed by atoms with E-state index in [1.165, 1.54) is 11.8 Å². The van der Waals surface area contributed by atoms with Crippen molar-refractivity contribution in [2.45, 2.75) is 37.0 Å². The van der Waals surface area contributed by atoms with Crippen LogP contribution in [-0.2, 0) is 14.8 Å². The van der Waals surface area contributed by atoms with E-state index in [-0.39, 0.29) is 21.1 Å². The molecule has 0 aliphatic carbocycles. The Labute approximate surface area is 227 Å². The second-order valence-electron chi connectivity index (χ2n) is 8.42. The van der Waals surface area contributed by atoms with E-state index in [4.69, 9.17) is 27.9 Å². The number of amidine groups is 1. The topological polar surface area (TPSA) is 91.3 Å². The minimum atomic E-state index is -3.78. The summed E-state index contributed by atoms with van der Waals surface area (Å²) >= 11 is 13.6. The Morgan fingerprint density at radius 2 is 1.75 bits per heavy atom. The van der Waals surface area contributed by atoms with Gasteiger partial charge in [0.15, 0.2) is 11.3 Å². The summed E-state index contributed by atoms with van der Waals surface area (Å²) in [6.07, 6.45) is -0.731. The van der Waals surface area contributed by atoms with Gasteiger partial charge in [-0.05, 0) is 37.3 Å². The molecule has 1 saturated heterocycles. The van der Waals surface area contributed by atoms with E-state index in [0.29, 0.717) is 42.1 Å². The molecule has 1 atom stereocenters. The fraction of sp³-hybridized carbons (Fsp3) is 0.417. The number of ether oxygens (including phenoxy) is 1. The molecule has 2 aromatic rings. The zero-order valence-corrected chi connectivity index (χ0v) is 23.7. The van der Waals surface area contributed by atoms with E-state index in [9.17, 15) is 13.2 Å². The minimum Gasteiger partial charge on any atom is -0.479 e. The van der Waals surface area contributed by atoms with Crippen LogP contribution >= 0.6 is 35.0 Å².